The van der Waals surface area contributed by atoms with Gasteiger partial charge in [0.25, 0.3) is 0 Å². The molecule has 0 bridgehead atoms. The number of nitrogens with zero attached hydrogens (tertiary/aromatic N) is 3. The number of urea groups is 1. The predicted molar refractivity (Wildman–Crippen MR) is 96.5 cm³/mol. The Balaban J connectivity index is 1.51. The van der Waals surface area contributed by atoms with E-state index in [-0.39, 0.29) is 12.1 Å². The number of anilines is 1. The van der Waals surface area contributed by atoms with Crippen LogP contribution in [0, 0.1) is 6.92 Å². The molecule has 0 spiro atoms. The molecule has 25 heavy (non-hydrogen) atoms. The van der Waals surface area contributed by atoms with E-state index in [0.29, 0.717) is 11.7 Å². The lowest BCUT2D eigenvalue weighted by molar-refractivity contribution is 0.207. The first-order chi connectivity index (χ1) is 12.2. The van der Waals surface area contributed by atoms with Crippen LogP contribution in [-0.2, 0) is 0 Å². The first-order valence-electron chi connectivity index (χ1n) is 8.21. The highest BCUT2D eigenvalue weighted by molar-refractivity contribution is 7.08. The molecule has 0 radical (unpaired) electrons. The van der Waals surface area contributed by atoms with Gasteiger partial charge in [0, 0.05) is 24.7 Å². The van der Waals surface area contributed by atoms with Crippen molar-refractivity contribution in [1.29, 1.82) is 0 Å². The highest BCUT2D eigenvalue weighted by atomic mass is 32.1. The van der Waals surface area contributed by atoms with Gasteiger partial charge in [-0.1, -0.05) is 17.3 Å². The van der Waals surface area contributed by atoms with Crippen molar-refractivity contribution < 1.29 is 9.32 Å². The van der Waals surface area contributed by atoms with Crippen molar-refractivity contribution in [2.75, 3.05) is 11.9 Å². The van der Waals surface area contributed by atoms with E-state index < -0.39 is 0 Å². The highest BCUT2D eigenvalue weighted by Crippen LogP contribution is 2.33. The smallest absolute Gasteiger partial charge is 0.322 e. The van der Waals surface area contributed by atoms with Gasteiger partial charge in [-0.05, 0) is 47.4 Å². The molecular formula is C18H18N4O2S. The van der Waals surface area contributed by atoms with Crippen LogP contribution < -0.4 is 5.32 Å². The van der Waals surface area contributed by atoms with Crippen molar-refractivity contribution >= 4 is 23.1 Å². The largest absolute Gasteiger partial charge is 0.339 e. The number of nitrogens with one attached hydrogen (secondary N) is 1. The molecule has 4 rings (SSSR count). The third kappa shape index (κ3) is 3.28. The number of benzene rings is 1. The lowest BCUT2D eigenvalue weighted by Gasteiger charge is -2.24. The van der Waals surface area contributed by atoms with Crippen molar-refractivity contribution in [1.82, 2.24) is 15.0 Å². The summed E-state index contributed by atoms with van der Waals surface area (Å²) in [5, 5.41) is 11.1. The molecule has 7 heteroatoms. The second kappa shape index (κ2) is 6.68. The molecular weight excluding hydrogens is 336 g/mol. The number of rotatable bonds is 3. The summed E-state index contributed by atoms with van der Waals surface area (Å²) in [6, 6.07) is 9.67. The molecule has 0 saturated carbocycles. The summed E-state index contributed by atoms with van der Waals surface area (Å²) in [4.78, 5) is 18.9. The number of carbonyl (C=O) groups excluding carboxylic acids is 1. The Hall–Kier alpha value is -2.67. The van der Waals surface area contributed by atoms with Gasteiger partial charge in [-0.2, -0.15) is 16.3 Å². The lowest BCUT2D eigenvalue weighted by atomic mass is 10.1. The number of aryl methyl sites for hydroxylation is 1. The molecule has 6 nitrogen and oxygen atoms in total. The zero-order valence-corrected chi connectivity index (χ0v) is 14.6. The fourth-order valence-corrected chi connectivity index (χ4v) is 3.88. The van der Waals surface area contributed by atoms with Crippen molar-refractivity contribution in [2.24, 2.45) is 0 Å². The van der Waals surface area contributed by atoms with Crippen LogP contribution >= 0.6 is 11.3 Å². The molecule has 1 aliphatic rings. The van der Waals surface area contributed by atoms with Crippen LogP contribution in [0.2, 0.25) is 0 Å². The van der Waals surface area contributed by atoms with E-state index in [0.717, 1.165) is 30.6 Å². The van der Waals surface area contributed by atoms with E-state index >= 15 is 0 Å². The minimum absolute atomic E-state index is 0.0739. The SMILES string of the molecule is Cc1nc(-c2cccc(NC(=O)N3CCCC3c3ccsc3)c2)no1. The minimum atomic E-state index is -0.0739. The summed E-state index contributed by atoms with van der Waals surface area (Å²) in [7, 11) is 0. The average Bonchev–Trinajstić information content (AvgIpc) is 3.36. The molecule has 1 saturated heterocycles. The quantitative estimate of drug-likeness (QED) is 0.753. The third-order valence-corrected chi connectivity index (χ3v) is 5.04. The predicted octanol–water partition coefficient (Wildman–Crippen LogP) is 4.48. The molecule has 1 aromatic carbocycles. The Morgan fingerprint density at radius 2 is 2.32 bits per heavy atom. The number of hydrogen-bond acceptors (Lipinski definition) is 5. The summed E-state index contributed by atoms with van der Waals surface area (Å²) < 4.78 is 5.02. The normalized spacial score (nSPS) is 17.0. The minimum Gasteiger partial charge on any atom is -0.339 e. The molecule has 1 fully saturated rings. The maximum absolute atomic E-state index is 12.7. The standard InChI is InChI=1S/C18H18N4O2S/c1-12-19-17(21-24-12)13-4-2-5-15(10-13)20-18(23)22-8-3-6-16(22)14-7-9-25-11-14/h2,4-5,7,9-11,16H,3,6,8H2,1H3,(H,20,23). The first kappa shape index (κ1) is 15.8. The van der Waals surface area contributed by atoms with Gasteiger partial charge < -0.3 is 14.7 Å². The number of amides is 2. The number of thiophene rings is 1. The van der Waals surface area contributed by atoms with Crippen molar-refractivity contribution in [3.05, 3.63) is 52.5 Å². The van der Waals surface area contributed by atoms with Crippen molar-refractivity contribution in [3.8, 4) is 11.4 Å². The Kier molecular flexibility index (Phi) is 4.23. The molecule has 0 aliphatic carbocycles. The lowest BCUT2D eigenvalue weighted by Crippen LogP contribution is -2.34. The van der Waals surface area contributed by atoms with E-state index in [9.17, 15) is 4.79 Å². The molecule has 2 amide bonds. The fourth-order valence-electron chi connectivity index (χ4n) is 3.17. The zero-order valence-electron chi connectivity index (χ0n) is 13.8. The van der Waals surface area contributed by atoms with Crippen molar-refractivity contribution in [2.45, 2.75) is 25.8 Å². The summed E-state index contributed by atoms with van der Waals surface area (Å²) in [5.41, 5.74) is 2.75. The molecule has 3 heterocycles. The second-order valence-corrected chi connectivity index (χ2v) is 6.84. The van der Waals surface area contributed by atoms with Gasteiger partial charge in [0.05, 0.1) is 6.04 Å². The van der Waals surface area contributed by atoms with Crippen LogP contribution in [0.15, 0.2) is 45.6 Å². The van der Waals surface area contributed by atoms with E-state index in [1.807, 2.05) is 29.2 Å². The van der Waals surface area contributed by atoms with E-state index in [2.05, 4.69) is 32.3 Å². The van der Waals surface area contributed by atoms with Crippen LogP contribution in [0.1, 0.15) is 30.3 Å². The Labute approximate surface area is 149 Å². The number of aromatic nitrogens is 2. The molecule has 3 aromatic rings. The Morgan fingerprint density at radius 3 is 3.08 bits per heavy atom. The van der Waals surface area contributed by atoms with Gasteiger partial charge in [-0.3, -0.25) is 0 Å². The monoisotopic (exact) mass is 354 g/mol. The van der Waals surface area contributed by atoms with Gasteiger partial charge >= 0.3 is 6.03 Å². The van der Waals surface area contributed by atoms with Crippen LogP contribution in [0.3, 0.4) is 0 Å². The van der Waals surface area contributed by atoms with E-state index in [1.165, 1.54) is 5.56 Å². The van der Waals surface area contributed by atoms with Gasteiger partial charge in [-0.25, -0.2) is 4.79 Å². The van der Waals surface area contributed by atoms with E-state index in [4.69, 9.17) is 4.52 Å². The maximum Gasteiger partial charge on any atom is 0.322 e. The molecule has 1 aliphatic heterocycles. The van der Waals surface area contributed by atoms with Crippen LogP contribution in [0.25, 0.3) is 11.4 Å². The molecule has 1 N–H and O–H groups in total. The topological polar surface area (TPSA) is 71.3 Å². The molecule has 2 aromatic heterocycles. The summed E-state index contributed by atoms with van der Waals surface area (Å²) in [6.45, 7) is 2.52. The highest BCUT2D eigenvalue weighted by Gasteiger charge is 2.30. The molecule has 1 atom stereocenters. The van der Waals surface area contributed by atoms with Gasteiger partial charge in [-0.15, -0.1) is 0 Å². The molecule has 1 unspecified atom stereocenters. The average molecular weight is 354 g/mol. The van der Waals surface area contributed by atoms with E-state index in [1.54, 1.807) is 18.3 Å². The van der Waals surface area contributed by atoms with Crippen LogP contribution in [0.4, 0.5) is 10.5 Å². The molecule has 128 valence electrons. The van der Waals surface area contributed by atoms with Gasteiger partial charge in [0.2, 0.25) is 11.7 Å². The fraction of sp³-hybridized carbons (Fsp3) is 0.278. The number of carbonyl (C=O) groups is 1. The zero-order chi connectivity index (χ0) is 17.2. The van der Waals surface area contributed by atoms with Crippen molar-refractivity contribution in [3.63, 3.8) is 0 Å². The summed E-state index contributed by atoms with van der Waals surface area (Å²) >= 11 is 1.66. The number of hydrogen-bond donors (Lipinski definition) is 1. The second-order valence-electron chi connectivity index (χ2n) is 6.06. The Morgan fingerprint density at radius 1 is 1.40 bits per heavy atom. The summed E-state index contributed by atoms with van der Waals surface area (Å²) in [5.74, 6) is 1.03. The first-order valence-corrected chi connectivity index (χ1v) is 9.15. The number of likely N-dealkylation sites (tertiary alicyclic amines) is 1. The van der Waals surface area contributed by atoms with Gasteiger partial charge in [0.15, 0.2) is 0 Å². The summed E-state index contributed by atoms with van der Waals surface area (Å²) in [6.07, 6.45) is 2.03. The maximum atomic E-state index is 12.7. The van der Waals surface area contributed by atoms with Crippen LogP contribution in [-0.4, -0.2) is 27.6 Å². The Bertz CT molecular complexity index is 875. The van der Waals surface area contributed by atoms with Crippen LogP contribution in [0.5, 0.6) is 0 Å². The van der Waals surface area contributed by atoms with Gasteiger partial charge in [0.1, 0.15) is 0 Å². The third-order valence-electron chi connectivity index (χ3n) is 4.34.